The molecular weight excluding hydrogens is 304 g/mol. The smallest absolute Gasteiger partial charge is 0.0897 e. The molecule has 0 amide bonds. The lowest BCUT2D eigenvalue weighted by atomic mass is 10.1. The Balaban J connectivity index is 2.16. The molecule has 2 aromatic heterocycles. The molecule has 0 aliphatic heterocycles. The van der Waals surface area contributed by atoms with Crippen LogP contribution in [0.3, 0.4) is 0 Å². The Labute approximate surface area is 135 Å². The maximum absolute atomic E-state index is 6.49. The van der Waals surface area contributed by atoms with Crippen LogP contribution in [0.25, 0.3) is 0 Å². The largest absolute Gasteiger partial charge is 0.316 e. The van der Waals surface area contributed by atoms with E-state index in [1.807, 2.05) is 18.7 Å². The van der Waals surface area contributed by atoms with Gasteiger partial charge in [-0.15, -0.1) is 11.3 Å². The Morgan fingerprint density at radius 1 is 1.38 bits per heavy atom. The zero-order chi connectivity index (χ0) is 15.4. The molecule has 6 heteroatoms. The number of aryl methyl sites for hydroxylation is 3. The number of likely N-dealkylation sites (N-methyl/N-ethyl adjacent to an activating group) is 1. The van der Waals surface area contributed by atoms with Gasteiger partial charge < -0.3 is 5.32 Å². The van der Waals surface area contributed by atoms with Crippen LogP contribution in [0.1, 0.15) is 35.9 Å². The van der Waals surface area contributed by atoms with Gasteiger partial charge in [-0.3, -0.25) is 4.68 Å². The zero-order valence-electron chi connectivity index (χ0n) is 13.1. The van der Waals surface area contributed by atoms with Crippen LogP contribution in [0.4, 0.5) is 0 Å². The summed E-state index contributed by atoms with van der Waals surface area (Å²) in [6.45, 7) is 7.08. The van der Waals surface area contributed by atoms with E-state index in [1.54, 1.807) is 11.3 Å². The van der Waals surface area contributed by atoms with Gasteiger partial charge in [0, 0.05) is 30.8 Å². The summed E-state index contributed by atoms with van der Waals surface area (Å²) in [5.74, 6) is 0. The second kappa shape index (κ2) is 7.38. The van der Waals surface area contributed by atoms with Gasteiger partial charge in [0.1, 0.15) is 0 Å². The number of thiazole rings is 1. The van der Waals surface area contributed by atoms with Gasteiger partial charge >= 0.3 is 0 Å². The van der Waals surface area contributed by atoms with Gasteiger partial charge in [-0.1, -0.05) is 18.5 Å². The van der Waals surface area contributed by atoms with E-state index in [4.69, 9.17) is 11.6 Å². The molecule has 0 saturated heterocycles. The van der Waals surface area contributed by atoms with Crippen molar-refractivity contribution in [2.24, 2.45) is 0 Å². The van der Waals surface area contributed by atoms with Crippen LogP contribution in [0, 0.1) is 6.92 Å². The minimum Gasteiger partial charge on any atom is -0.316 e. The van der Waals surface area contributed by atoms with Crippen molar-refractivity contribution in [3.8, 4) is 0 Å². The fourth-order valence-corrected chi connectivity index (χ4v) is 3.45. The third-order valence-corrected chi connectivity index (χ3v) is 4.92. The first kappa shape index (κ1) is 16.5. The third-order valence-electron chi connectivity index (χ3n) is 3.66. The molecule has 2 rings (SSSR count). The first-order valence-corrected chi connectivity index (χ1v) is 8.67. The van der Waals surface area contributed by atoms with Crippen molar-refractivity contribution in [1.29, 1.82) is 0 Å². The summed E-state index contributed by atoms with van der Waals surface area (Å²) >= 11 is 8.19. The van der Waals surface area contributed by atoms with Gasteiger partial charge in [0.2, 0.25) is 0 Å². The van der Waals surface area contributed by atoms with Crippen LogP contribution in [0.5, 0.6) is 0 Å². The fourth-order valence-electron chi connectivity index (χ4n) is 2.48. The van der Waals surface area contributed by atoms with E-state index in [0.717, 1.165) is 52.9 Å². The van der Waals surface area contributed by atoms with Crippen LogP contribution in [-0.4, -0.2) is 27.9 Å². The molecule has 0 fully saturated rings. The standard InChI is InChI=1S/C15H23ClN4S/c1-5-13-15(16)14(20(6-2)19-13)8-11(17-4)7-12-9-21-10(3)18-12/h9,11,17H,5-8H2,1-4H3. The number of aromatic nitrogens is 3. The van der Waals surface area contributed by atoms with E-state index in [0.29, 0.717) is 6.04 Å². The Hall–Kier alpha value is -0.910. The molecular formula is C15H23ClN4S. The van der Waals surface area contributed by atoms with Crippen molar-refractivity contribution in [2.45, 2.75) is 52.6 Å². The van der Waals surface area contributed by atoms with Crippen molar-refractivity contribution < 1.29 is 0 Å². The molecule has 0 aliphatic rings. The second-order valence-electron chi connectivity index (χ2n) is 5.13. The highest BCUT2D eigenvalue weighted by molar-refractivity contribution is 7.09. The normalized spacial score (nSPS) is 12.8. The lowest BCUT2D eigenvalue weighted by Crippen LogP contribution is -2.31. The van der Waals surface area contributed by atoms with Crippen LogP contribution < -0.4 is 5.32 Å². The summed E-state index contributed by atoms with van der Waals surface area (Å²) in [6, 6.07) is 0.315. The molecule has 0 radical (unpaired) electrons. The van der Waals surface area contributed by atoms with Crippen LogP contribution in [0.2, 0.25) is 5.02 Å². The highest BCUT2D eigenvalue weighted by Gasteiger charge is 2.19. The summed E-state index contributed by atoms with van der Waals surface area (Å²) in [6.07, 6.45) is 2.65. The molecule has 4 nitrogen and oxygen atoms in total. The molecule has 116 valence electrons. The van der Waals surface area contributed by atoms with E-state index in [9.17, 15) is 0 Å². The molecule has 2 aromatic rings. The van der Waals surface area contributed by atoms with Crippen molar-refractivity contribution in [2.75, 3.05) is 7.05 Å². The third kappa shape index (κ3) is 3.84. The molecule has 0 aromatic carbocycles. The summed E-state index contributed by atoms with van der Waals surface area (Å²) in [7, 11) is 1.99. The highest BCUT2D eigenvalue weighted by atomic mass is 35.5. The number of halogens is 1. The van der Waals surface area contributed by atoms with E-state index >= 15 is 0 Å². The van der Waals surface area contributed by atoms with Crippen molar-refractivity contribution in [3.63, 3.8) is 0 Å². The van der Waals surface area contributed by atoms with Crippen LogP contribution in [-0.2, 0) is 25.8 Å². The minimum absolute atomic E-state index is 0.315. The quantitative estimate of drug-likeness (QED) is 0.849. The second-order valence-corrected chi connectivity index (χ2v) is 6.57. The summed E-state index contributed by atoms with van der Waals surface area (Å²) in [5, 5.41) is 12.0. The predicted molar refractivity (Wildman–Crippen MR) is 89.4 cm³/mol. The first-order valence-electron chi connectivity index (χ1n) is 7.41. The highest BCUT2D eigenvalue weighted by Crippen LogP contribution is 2.23. The zero-order valence-corrected chi connectivity index (χ0v) is 14.7. The van der Waals surface area contributed by atoms with Crippen molar-refractivity contribution >= 4 is 22.9 Å². The molecule has 0 saturated carbocycles. The lowest BCUT2D eigenvalue weighted by Gasteiger charge is -2.16. The lowest BCUT2D eigenvalue weighted by molar-refractivity contribution is 0.516. The average molecular weight is 327 g/mol. The van der Waals surface area contributed by atoms with Crippen molar-refractivity contribution in [3.05, 3.63) is 32.5 Å². The average Bonchev–Trinajstić information content (AvgIpc) is 3.02. The maximum Gasteiger partial charge on any atom is 0.0897 e. The molecule has 2 heterocycles. The van der Waals surface area contributed by atoms with E-state index in [1.165, 1.54) is 0 Å². The summed E-state index contributed by atoms with van der Waals surface area (Å²) in [4.78, 5) is 4.55. The minimum atomic E-state index is 0.315. The number of nitrogens with one attached hydrogen (secondary N) is 1. The van der Waals surface area contributed by atoms with Crippen molar-refractivity contribution in [1.82, 2.24) is 20.1 Å². The molecule has 0 bridgehead atoms. The Morgan fingerprint density at radius 3 is 2.67 bits per heavy atom. The first-order chi connectivity index (χ1) is 10.1. The van der Waals surface area contributed by atoms with Gasteiger partial charge in [0.15, 0.2) is 0 Å². The molecule has 1 N–H and O–H groups in total. The maximum atomic E-state index is 6.49. The van der Waals surface area contributed by atoms with Gasteiger partial charge in [-0.05, 0) is 27.3 Å². The molecule has 21 heavy (non-hydrogen) atoms. The monoisotopic (exact) mass is 326 g/mol. The van der Waals surface area contributed by atoms with Gasteiger partial charge in [-0.25, -0.2) is 4.98 Å². The SMILES string of the molecule is CCc1nn(CC)c(CC(Cc2csc(C)n2)NC)c1Cl. The molecule has 1 unspecified atom stereocenters. The molecule has 1 atom stereocenters. The van der Waals surface area contributed by atoms with Gasteiger partial charge in [0.25, 0.3) is 0 Å². The van der Waals surface area contributed by atoms with Gasteiger partial charge in [-0.2, -0.15) is 5.10 Å². The Morgan fingerprint density at radius 2 is 2.14 bits per heavy atom. The van der Waals surface area contributed by atoms with Crippen LogP contribution >= 0.6 is 22.9 Å². The van der Waals surface area contributed by atoms with Crippen LogP contribution in [0.15, 0.2) is 5.38 Å². The Kier molecular flexibility index (Phi) is 5.79. The molecule has 0 spiro atoms. The number of hydrogen-bond acceptors (Lipinski definition) is 4. The Bertz CT molecular complexity index is 591. The fraction of sp³-hybridized carbons (Fsp3) is 0.600. The topological polar surface area (TPSA) is 42.7 Å². The number of rotatable bonds is 7. The number of hydrogen-bond donors (Lipinski definition) is 1. The van der Waals surface area contributed by atoms with E-state index in [2.05, 4.69) is 34.6 Å². The van der Waals surface area contributed by atoms with E-state index in [-0.39, 0.29) is 0 Å². The molecule has 0 aliphatic carbocycles. The van der Waals surface area contributed by atoms with E-state index < -0.39 is 0 Å². The van der Waals surface area contributed by atoms with Gasteiger partial charge in [0.05, 0.1) is 27.1 Å². The predicted octanol–water partition coefficient (Wildman–Crippen LogP) is 3.26. The summed E-state index contributed by atoms with van der Waals surface area (Å²) < 4.78 is 2.03. The summed E-state index contributed by atoms with van der Waals surface area (Å²) in [5.41, 5.74) is 3.27. The number of nitrogens with zero attached hydrogens (tertiary/aromatic N) is 3.